The van der Waals surface area contributed by atoms with E-state index >= 15 is 0 Å². The third-order valence-electron chi connectivity index (χ3n) is 5.39. The first-order valence-electron chi connectivity index (χ1n) is 9.04. The number of H-pyrrole nitrogens is 1. The van der Waals surface area contributed by atoms with E-state index in [0.29, 0.717) is 5.82 Å². The molecule has 28 heavy (non-hydrogen) atoms. The Kier molecular flexibility index (Phi) is 3.61. The van der Waals surface area contributed by atoms with Gasteiger partial charge in [0.25, 0.3) is 0 Å². The van der Waals surface area contributed by atoms with Gasteiger partial charge in [-0.1, -0.05) is 6.07 Å². The van der Waals surface area contributed by atoms with Crippen LogP contribution in [0.15, 0.2) is 49.3 Å². The van der Waals surface area contributed by atoms with Crippen LogP contribution < -0.4 is 11.5 Å². The lowest BCUT2D eigenvalue weighted by atomic mass is 9.72. The van der Waals surface area contributed by atoms with E-state index in [0.717, 1.165) is 47.5 Å². The molecule has 0 aromatic carbocycles. The van der Waals surface area contributed by atoms with Crippen LogP contribution in [0.2, 0.25) is 0 Å². The number of nitrogens with two attached hydrogens (primary N) is 2. The van der Waals surface area contributed by atoms with Gasteiger partial charge >= 0.3 is 0 Å². The average molecular weight is 373 g/mol. The molecule has 1 aliphatic carbocycles. The molecule has 0 spiro atoms. The van der Waals surface area contributed by atoms with Crippen molar-refractivity contribution in [1.82, 2.24) is 34.7 Å². The van der Waals surface area contributed by atoms with Crippen LogP contribution >= 0.6 is 0 Å². The van der Waals surface area contributed by atoms with E-state index in [9.17, 15) is 0 Å². The van der Waals surface area contributed by atoms with Gasteiger partial charge < -0.3 is 16.0 Å². The Morgan fingerprint density at radius 2 is 1.75 bits per heavy atom. The smallest absolute Gasteiger partial charge is 0.219 e. The van der Waals surface area contributed by atoms with Gasteiger partial charge in [-0.25, -0.2) is 15.0 Å². The van der Waals surface area contributed by atoms with Gasteiger partial charge in [0, 0.05) is 36.4 Å². The van der Waals surface area contributed by atoms with Crippen molar-refractivity contribution in [1.29, 1.82) is 0 Å². The molecule has 0 atom stereocenters. The summed E-state index contributed by atoms with van der Waals surface area (Å²) in [4.78, 5) is 17.2. The minimum absolute atomic E-state index is 0.129. The van der Waals surface area contributed by atoms with Crippen molar-refractivity contribution < 1.29 is 0 Å². The van der Waals surface area contributed by atoms with Gasteiger partial charge in [-0.15, -0.1) is 0 Å². The lowest BCUT2D eigenvalue weighted by Gasteiger charge is -2.43. The number of nitrogens with one attached hydrogen (secondary N) is 1. The van der Waals surface area contributed by atoms with Gasteiger partial charge in [0.05, 0.1) is 17.6 Å². The quantitative estimate of drug-likeness (QED) is 0.498. The van der Waals surface area contributed by atoms with Gasteiger partial charge in [-0.3, -0.25) is 10.1 Å². The molecule has 4 heterocycles. The molecule has 9 heteroatoms. The van der Waals surface area contributed by atoms with E-state index in [1.54, 1.807) is 18.5 Å². The number of hydrogen-bond acceptors (Lipinski definition) is 7. The topological polar surface area (TPSA) is 137 Å². The summed E-state index contributed by atoms with van der Waals surface area (Å²) in [6.45, 7) is 0. The molecule has 140 valence electrons. The van der Waals surface area contributed by atoms with Crippen LogP contribution in [0, 0.1) is 0 Å². The number of anilines is 2. The number of pyridine rings is 1. The number of aromatic nitrogens is 7. The van der Waals surface area contributed by atoms with Crippen LogP contribution in [0.4, 0.5) is 11.8 Å². The van der Waals surface area contributed by atoms with E-state index in [1.807, 2.05) is 24.8 Å². The molecular weight excluding hydrogens is 354 g/mol. The number of nitrogens with zero attached hydrogens (tertiary/aromatic N) is 6. The Labute approximate surface area is 160 Å². The Bertz CT molecular complexity index is 1110. The summed E-state index contributed by atoms with van der Waals surface area (Å²) in [6.07, 6.45) is 12.4. The lowest BCUT2D eigenvalue weighted by molar-refractivity contribution is 0.196. The molecule has 4 aromatic heterocycles. The maximum atomic E-state index is 5.73. The normalized spacial score (nSPS) is 15.3. The number of rotatable bonds is 4. The highest BCUT2D eigenvalue weighted by Crippen LogP contribution is 2.45. The average Bonchev–Trinajstić information content (AvgIpc) is 3.32. The summed E-state index contributed by atoms with van der Waals surface area (Å²) in [5.74, 6) is 0.776. The third kappa shape index (κ3) is 2.59. The standard InChI is InChI=1S/C19H19N9/c20-17-6-15(26-27-17)16-10-28(11-25-16)19(4-1-5-19)13-2-3-14(22-9-13)12-7-23-18(21)24-8-12/h2-3,6-11H,1,4-5H2,(H3,20,26,27)(H2,21,23,24). The molecule has 9 nitrogen and oxygen atoms in total. The van der Waals surface area contributed by atoms with E-state index in [4.69, 9.17) is 11.5 Å². The highest BCUT2D eigenvalue weighted by molar-refractivity contribution is 5.58. The molecule has 5 N–H and O–H groups in total. The lowest BCUT2D eigenvalue weighted by Crippen LogP contribution is -2.41. The second kappa shape index (κ2) is 6.15. The first-order valence-corrected chi connectivity index (χ1v) is 9.04. The predicted octanol–water partition coefficient (Wildman–Crippen LogP) is 2.22. The molecule has 1 saturated carbocycles. The molecular formula is C19H19N9. The van der Waals surface area contributed by atoms with Gasteiger partial charge in [0.15, 0.2) is 0 Å². The molecule has 0 aliphatic heterocycles. The van der Waals surface area contributed by atoms with Crippen LogP contribution in [0.1, 0.15) is 24.8 Å². The fourth-order valence-electron chi connectivity index (χ4n) is 3.67. The zero-order valence-corrected chi connectivity index (χ0v) is 15.1. The molecule has 0 unspecified atom stereocenters. The van der Waals surface area contributed by atoms with Gasteiger partial charge in [0.2, 0.25) is 5.95 Å². The highest BCUT2D eigenvalue weighted by Gasteiger charge is 2.41. The predicted molar refractivity (Wildman–Crippen MR) is 105 cm³/mol. The maximum absolute atomic E-state index is 5.73. The number of aromatic amines is 1. The van der Waals surface area contributed by atoms with E-state index in [2.05, 4.69) is 40.8 Å². The minimum Gasteiger partial charge on any atom is -0.384 e. The Morgan fingerprint density at radius 3 is 2.36 bits per heavy atom. The van der Waals surface area contributed by atoms with Gasteiger partial charge in [-0.2, -0.15) is 5.10 Å². The van der Waals surface area contributed by atoms with Crippen molar-refractivity contribution in [2.24, 2.45) is 0 Å². The Balaban J connectivity index is 1.47. The van der Waals surface area contributed by atoms with Crippen molar-refractivity contribution in [3.05, 3.63) is 54.9 Å². The summed E-state index contributed by atoms with van der Waals surface area (Å²) in [5, 5.41) is 6.94. The Hall–Kier alpha value is -3.75. The molecule has 0 radical (unpaired) electrons. The third-order valence-corrected chi connectivity index (χ3v) is 5.39. The van der Waals surface area contributed by atoms with Crippen LogP contribution in [0.25, 0.3) is 22.6 Å². The van der Waals surface area contributed by atoms with E-state index in [-0.39, 0.29) is 11.5 Å². The summed E-state index contributed by atoms with van der Waals surface area (Å²) in [5.41, 5.74) is 15.5. The van der Waals surface area contributed by atoms with Crippen molar-refractivity contribution in [2.45, 2.75) is 24.8 Å². The SMILES string of the molecule is Nc1ncc(-c2ccc(C3(n4cnc(-c5cc(N)[nH]n5)c4)CCC3)cn2)cn1. The zero-order valence-electron chi connectivity index (χ0n) is 15.1. The zero-order chi connectivity index (χ0) is 19.1. The second-order valence-corrected chi connectivity index (χ2v) is 7.02. The van der Waals surface area contributed by atoms with Crippen LogP contribution in [-0.2, 0) is 5.54 Å². The molecule has 4 aromatic rings. The van der Waals surface area contributed by atoms with Crippen LogP contribution in [0.3, 0.4) is 0 Å². The molecule has 0 bridgehead atoms. The molecule has 0 amide bonds. The Morgan fingerprint density at radius 1 is 0.929 bits per heavy atom. The second-order valence-electron chi connectivity index (χ2n) is 7.02. The summed E-state index contributed by atoms with van der Waals surface area (Å²) in [7, 11) is 0. The highest BCUT2D eigenvalue weighted by atomic mass is 15.2. The fraction of sp³-hybridized carbons (Fsp3) is 0.211. The van der Waals surface area contributed by atoms with Crippen LogP contribution in [-0.4, -0.2) is 34.7 Å². The number of nitrogen functional groups attached to an aromatic ring is 2. The summed E-state index contributed by atoms with van der Waals surface area (Å²) >= 11 is 0. The van der Waals surface area contributed by atoms with Crippen molar-refractivity contribution >= 4 is 11.8 Å². The largest absolute Gasteiger partial charge is 0.384 e. The molecule has 0 saturated heterocycles. The van der Waals surface area contributed by atoms with Gasteiger partial charge in [0.1, 0.15) is 17.2 Å². The van der Waals surface area contributed by atoms with Crippen molar-refractivity contribution in [3.63, 3.8) is 0 Å². The summed E-state index contributed by atoms with van der Waals surface area (Å²) in [6, 6.07) is 5.89. The minimum atomic E-state index is -0.129. The monoisotopic (exact) mass is 373 g/mol. The number of hydrogen-bond donors (Lipinski definition) is 3. The van der Waals surface area contributed by atoms with Crippen LogP contribution in [0.5, 0.6) is 0 Å². The van der Waals surface area contributed by atoms with Gasteiger partial charge in [-0.05, 0) is 30.9 Å². The van der Waals surface area contributed by atoms with E-state index in [1.165, 1.54) is 0 Å². The van der Waals surface area contributed by atoms with Crippen molar-refractivity contribution in [3.8, 4) is 22.6 Å². The summed E-state index contributed by atoms with van der Waals surface area (Å²) < 4.78 is 2.17. The first-order chi connectivity index (χ1) is 13.6. The molecule has 5 rings (SSSR count). The molecule has 1 aliphatic rings. The maximum Gasteiger partial charge on any atom is 0.219 e. The number of imidazole rings is 1. The molecule has 1 fully saturated rings. The fourth-order valence-corrected chi connectivity index (χ4v) is 3.67. The van der Waals surface area contributed by atoms with E-state index < -0.39 is 0 Å². The van der Waals surface area contributed by atoms with Crippen molar-refractivity contribution in [2.75, 3.05) is 11.5 Å². The first kappa shape index (κ1) is 16.4.